The number of nitrogens with one attached hydrogen (secondary N) is 1. The number of carbonyl (C=O) groups is 1. The van der Waals surface area contributed by atoms with E-state index in [1.807, 2.05) is 20.8 Å². The van der Waals surface area contributed by atoms with Crippen molar-refractivity contribution in [1.82, 2.24) is 10.2 Å². The maximum absolute atomic E-state index is 12.3. The summed E-state index contributed by atoms with van der Waals surface area (Å²) in [5.74, 6) is 0.111. The summed E-state index contributed by atoms with van der Waals surface area (Å²) >= 11 is 1.72. The zero-order chi connectivity index (χ0) is 17.2. The lowest BCUT2D eigenvalue weighted by Gasteiger charge is -2.36. The van der Waals surface area contributed by atoms with Gasteiger partial charge in [0.05, 0.1) is 6.04 Å². The molecule has 24 heavy (non-hydrogen) atoms. The molecule has 3 nitrogen and oxygen atoms in total. The van der Waals surface area contributed by atoms with Gasteiger partial charge in [-0.05, 0) is 39.9 Å². The summed E-state index contributed by atoms with van der Waals surface area (Å²) in [5.41, 5.74) is 3.81. The van der Waals surface area contributed by atoms with Gasteiger partial charge in [0.25, 0.3) is 0 Å². The number of hydrogen-bond donors (Lipinski definition) is 1. The van der Waals surface area contributed by atoms with E-state index in [0.717, 1.165) is 19.5 Å². The van der Waals surface area contributed by atoms with Crippen LogP contribution in [0, 0.1) is 5.41 Å². The van der Waals surface area contributed by atoms with Crippen LogP contribution in [0.25, 0.3) is 0 Å². The van der Waals surface area contributed by atoms with Crippen molar-refractivity contribution >= 4 is 17.2 Å². The Kier molecular flexibility index (Phi) is 5.07. The molecule has 1 amide bonds. The minimum Gasteiger partial charge on any atom is -0.354 e. The highest BCUT2D eigenvalue weighted by molar-refractivity contribution is 7.07. The van der Waals surface area contributed by atoms with Gasteiger partial charge in [0.1, 0.15) is 0 Å². The van der Waals surface area contributed by atoms with Crippen LogP contribution in [0.5, 0.6) is 0 Å². The number of thiophene rings is 1. The molecule has 3 rings (SSSR count). The van der Waals surface area contributed by atoms with Crippen LogP contribution in [0.1, 0.15) is 43.5 Å². The summed E-state index contributed by atoms with van der Waals surface area (Å²) in [6, 6.07) is 11.1. The second-order valence-electron chi connectivity index (χ2n) is 7.52. The summed E-state index contributed by atoms with van der Waals surface area (Å²) in [6.45, 7) is 8.51. The van der Waals surface area contributed by atoms with Crippen LogP contribution < -0.4 is 5.32 Å². The molecule has 4 heteroatoms. The Balaban J connectivity index is 1.76. The van der Waals surface area contributed by atoms with Crippen molar-refractivity contribution in [3.8, 4) is 0 Å². The average Bonchev–Trinajstić information content (AvgIpc) is 3.08. The molecule has 0 spiro atoms. The second-order valence-corrected chi connectivity index (χ2v) is 8.30. The fourth-order valence-electron chi connectivity index (χ4n) is 3.16. The highest BCUT2D eigenvalue weighted by Crippen LogP contribution is 2.29. The smallest absolute Gasteiger partial charge is 0.225 e. The maximum Gasteiger partial charge on any atom is 0.225 e. The molecule has 1 aromatic heterocycles. The molecule has 0 saturated heterocycles. The minimum atomic E-state index is -0.353. The number of carbonyl (C=O) groups excluding carboxylic acids is 1. The first-order valence-corrected chi connectivity index (χ1v) is 9.50. The average molecular weight is 343 g/mol. The van der Waals surface area contributed by atoms with Gasteiger partial charge in [-0.25, -0.2) is 0 Å². The Hall–Kier alpha value is -1.65. The molecule has 1 atom stereocenters. The van der Waals surface area contributed by atoms with E-state index in [0.29, 0.717) is 6.54 Å². The molecule has 0 radical (unpaired) electrons. The standard InChI is InChI=1S/C20H26N2OS/c1-20(2,3)19(23)21-12-18(17-9-11-24-14-17)22-10-8-15-6-4-5-7-16(15)13-22/h4-7,9,11,14,18H,8,10,12-13H2,1-3H3,(H,21,23). The van der Waals surface area contributed by atoms with E-state index in [-0.39, 0.29) is 17.4 Å². The van der Waals surface area contributed by atoms with Gasteiger partial charge in [-0.1, -0.05) is 45.0 Å². The highest BCUT2D eigenvalue weighted by atomic mass is 32.1. The van der Waals surface area contributed by atoms with Crippen LogP contribution in [0.15, 0.2) is 41.1 Å². The van der Waals surface area contributed by atoms with E-state index in [4.69, 9.17) is 0 Å². The van der Waals surface area contributed by atoms with Crippen LogP contribution in [0.2, 0.25) is 0 Å². The summed E-state index contributed by atoms with van der Waals surface area (Å²) < 4.78 is 0. The van der Waals surface area contributed by atoms with Crippen molar-refractivity contribution in [3.63, 3.8) is 0 Å². The first kappa shape index (κ1) is 17.2. The molecule has 1 aromatic carbocycles. The van der Waals surface area contributed by atoms with Crippen LogP contribution in [0.3, 0.4) is 0 Å². The topological polar surface area (TPSA) is 32.3 Å². The first-order chi connectivity index (χ1) is 11.4. The predicted molar refractivity (Wildman–Crippen MR) is 100 cm³/mol. The van der Waals surface area contributed by atoms with E-state index in [1.54, 1.807) is 11.3 Å². The summed E-state index contributed by atoms with van der Waals surface area (Å²) in [4.78, 5) is 14.8. The van der Waals surface area contributed by atoms with Gasteiger partial charge in [0, 0.05) is 25.0 Å². The molecule has 1 N–H and O–H groups in total. The van der Waals surface area contributed by atoms with Crippen LogP contribution in [-0.4, -0.2) is 23.9 Å². The largest absolute Gasteiger partial charge is 0.354 e. The van der Waals surface area contributed by atoms with Gasteiger partial charge in [-0.3, -0.25) is 9.69 Å². The van der Waals surface area contributed by atoms with Crippen molar-refractivity contribution < 1.29 is 4.79 Å². The van der Waals surface area contributed by atoms with Crippen LogP contribution >= 0.6 is 11.3 Å². The summed E-state index contributed by atoms with van der Waals surface area (Å²) in [7, 11) is 0. The third kappa shape index (κ3) is 3.87. The van der Waals surface area contributed by atoms with Crippen molar-refractivity contribution in [1.29, 1.82) is 0 Å². The van der Waals surface area contributed by atoms with Gasteiger partial charge in [0.15, 0.2) is 0 Å². The fraction of sp³-hybridized carbons (Fsp3) is 0.450. The van der Waals surface area contributed by atoms with E-state index in [2.05, 4.69) is 51.3 Å². The van der Waals surface area contributed by atoms with Gasteiger partial charge in [0.2, 0.25) is 5.91 Å². The predicted octanol–water partition coefficient (Wildman–Crippen LogP) is 4.01. The van der Waals surface area contributed by atoms with Crippen molar-refractivity contribution in [2.24, 2.45) is 5.41 Å². The van der Waals surface area contributed by atoms with Crippen LogP contribution in [-0.2, 0) is 17.8 Å². The lowest BCUT2D eigenvalue weighted by molar-refractivity contribution is -0.128. The van der Waals surface area contributed by atoms with Crippen LogP contribution in [0.4, 0.5) is 0 Å². The Bertz CT molecular complexity index is 688. The zero-order valence-corrected chi connectivity index (χ0v) is 15.5. The quantitative estimate of drug-likeness (QED) is 0.910. The zero-order valence-electron chi connectivity index (χ0n) is 14.7. The molecular weight excluding hydrogens is 316 g/mol. The van der Waals surface area contributed by atoms with Gasteiger partial charge in [-0.2, -0.15) is 11.3 Å². The SMILES string of the molecule is CC(C)(C)C(=O)NCC(c1ccsc1)N1CCc2ccccc2C1. The summed E-state index contributed by atoms with van der Waals surface area (Å²) in [6.07, 6.45) is 1.07. The third-order valence-corrected chi connectivity index (χ3v) is 5.37. The number of rotatable bonds is 4. The maximum atomic E-state index is 12.3. The van der Waals surface area contributed by atoms with E-state index in [1.165, 1.54) is 16.7 Å². The van der Waals surface area contributed by atoms with E-state index >= 15 is 0 Å². The number of amides is 1. The molecule has 1 aliphatic rings. The molecule has 128 valence electrons. The number of nitrogens with zero attached hydrogens (tertiary/aromatic N) is 1. The second kappa shape index (κ2) is 7.08. The first-order valence-electron chi connectivity index (χ1n) is 8.56. The molecule has 0 fully saturated rings. The lowest BCUT2D eigenvalue weighted by Crippen LogP contribution is -2.43. The number of fused-ring (bicyclic) bond motifs is 1. The van der Waals surface area contributed by atoms with Crippen molar-refractivity contribution in [3.05, 3.63) is 57.8 Å². The fourth-order valence-corrected chi connectivity index (χ4v) is 3.87. The molecule has 1 aliphatic heterocycles. The molecule has 1 unspecified atom stereocenters. The Morgan fingerprint density at radius 1 is 1.25 bits per heavy atom. The van der Waals surface area contributed by atoms with Gasteiger partial charge < -0.3 is 5.32 Å². The Labute approximate surface area is 148 Å². The highest BCUT2D eigenvalue weighted by Gasteiger charge is 2.27. The van der Waals surface area contributed by atoms with Gasteiger partial charge >= 0.3 is 0 Å². The molecule has 0 bridgehead atoms. The number of benzene rings is 1. The minimum absolute atomic E-state index is 0.111. The third-order valence-electron chi connectivity index (χ3n) is 4.67. The normalized spacial score (nSPS) is 16.5. The number of hydrogen-bond acceptors (Lipinski definition) is 3. The van der Waals surface area contributed by atoms with Crippen molar-refractivity contribution in [2.45, 2.75) is 39.8 Å². The van der Waals surface area contributed by atoms with Gasteiger partial charge in [-0.15, -0.1) is 0 Å². The Morgan fingerprint density at radius 2 is 2.00 bits per heavy atom. The molecule has 2 aromatic rings. The molecule has 0 aliphatic carbocycles. The van der Waals surface area contributed by atoms with E-state index in [9.17, 15) is 4.79 Å². The molecule has 2 heterocycles. The lowest BCUT2D eigenvalue weighted by atomic mass is 9.94. The monoisotopic (exact) mass is 342 g/mol. The van der Waals surface area contributed by atoms with E-state index < -0.39 is 0 Å². The summed E-state index contributed by atoms with van der Waals surface area (Å²) in [5, 5.41) is 7.48. The molecule has 0 saturated carbocycles. The Morgan fingerprint density at radius 3 is 2.67 bits per heavy atom. The molecular formula is C20H26N2OS. The van der Waals surface area contributed by atoms with Crippen molar-refractivity contribution in [2.75, 3.05) is 13.1 Å².